The van der Waals surface area contributed by atoms with Gasteiger partial charge >= 0.3 is 0 Å². The first-order valence-corrected chi connectivity index (χ1v) is 6.82. The monoisotopic (exact) mass is 368 g/mol. The van der Waals surface area contributed by atoms with Gasteiger partial charge in [-0.15, -0.1) is 0 Å². The summed E-state index contributed by atoms with van der Waals surface area (Å²) < 4.78 is 12.1. The number of hydrogen-bond donors (Lipinski definition) is 0. The van der Waals surface area contributed by atoms with Crippen LogP contribution < -0.4 is 9.47 Å². The van der Waals surface area contributed by atoms with Gasteiger partial charge in [0.2, 0.25) is 0 Å². The molecule has 0 aromatic heterocycles. The van der Waals surface area contributed by atoms with Crippen molar-refractivity contribution in [2.24, 2.45) is 0 Å². The molecule has 0 aliphatic heterocycles. The van der Waals surface area contributed by atoms with Crippen LogP contribution in [0, 0.1) is 3.57 Å². The maximum absolute atomic E-state index is 10.8. The molecule has 0 amide bonds. The summed E-state index contributed by atoms with van der Waals surface area (Å²) in [7, 11) is 1.60. The largest absolute Gasteiger partial charge is 0.496 e. The van der Waals surface area contributed by atoms with E-state index in [2.05, 4.69) is 22.6 Å². The third-order valence-corrected chi connectivity index (χ3v) is 3.55. The van der Waals surface area contributed by atoms with Crippen LogP contribution in [-0.2, 0) is 6.61 Å². The van der Waals surface area contributed by atoms with Gasteiger partial charge < -0.3 is 9.47 Å². The second-order valence-electron chi connectivity index (χ2n) is 3.91. The van der Waals surface area contributed by atoms with E-state index in [1.165, 1.54) is 0 Å². The van der Waals surface area contributed by atoms with E-state index in [-0.39, 0.29) is 0 Å². The van der Waals surface area contributed by atoms with E-state index in [1.54, 1.807) is 25.3 Å². The molecule has 3 nitrogen and oxygen atoms in total. The summed E-state index contributed by atoms with van der Waals surface area (Å²) in [6, 6.07) is 13.1. The van der Waals surface area contributed by atoms with Crippen LogP contribution in [0.2, 0.25) is 0 Å². The number of hydrogen-bond acceptors (Lipinski definition) is 3. The molecule has 0 fully saturated rings. The molecular formula is C15H13IO3. The zero-order valence-corrected chi connectivity index (χ0v) is 12.6. The number of halogens is 1. The number of ether oxygens (including phenoxy) is 2. The Morgan fingerprint density at radius 3 is 2.63 bits per heavy atom. The van der Waals surface area contributed by atoms with Crippen LogP contribution in [0.5, 0.6) is 11.5 Å². The first-order chi connectivity index (χ1) is 9.24. The number of benzene rings is 2. The molecule has 2 rings (SSSR count). The molecule has 0 bridgehead atoms. The summed E-state index contributed by atoms with van der Waals surface area (Å²) >= 11 is 2.22. The maximum atomic E-state index is 10.8. The second-order valence-corrected chi connectivity index (χ2v) is 5.07. The molecule has 19 heavy (non-hydrogen) atoms. The van der Waals surface area contributed by atoms with E-state index in [1.807, 2.05) is 24.3 Å². The van der Waals surface area contributed by atoms with Crippen LogP contribution in [-0.4, -0.2) is 13.4 Å². The molecule has 0 saturated carbocycles. The zero-order valence-electron chi connectivity index (χ0n) is 10.4. The van der Waals surface area contributed by atoms with Crippen LogP contribution in [0.1, 0.15) is 15.9 Å². The Bertz CT molecular complexity index is 581. The molecule has 2 aromatic rings. The molecule has 0 spiro atoms. The maximum Gasteiger partial charge on any atom is 0.150 e. The highest BCUT2D eigenvalue weighted by Crippen LogP contribution is 2.24. The number of methoxy groups -OCH3 is 1. The van der Waals surface area contributed by atoms with Crippen molar-refractivity contribution in [3.63, 3.8) is 0 Å². The van der Waals surface area contributed by atoms with Gasteiger partial charge in [0.25, 0.3) is 0 Å². The number of rotatable bonds is 5. The lowest BCUT2D eigenvalue weighted by atomic mass is 10.1. The summed E-state index contributed by atoms with van der Waals surface area (Å²) in [6.45, 7) is 0.366. The highest BCUT2D eigenvalue weighted by Gasteiger charge is 2.06. The van der Waals surface area contributed by atoms with E-state index in [0.29, 0.717) is 12.2 Å². The van der Waals surface area contributed by atoms with Gasteiger partial charge in [-0.05, 0) is 52.9 Å². The van der Waals surface area contributed by atoms with Crippen molar-refractivity contribution in [2.75, 3.05) is 7.11 Å². The van der Waals surface area contributed by atoms with E-state index < -0.39 is 0 Å². The standard InChI is InChI=1S/C15H13IO3/c1-18-14-7-6-11(9-17)8-12(14)10-19-15-5-3-2-4-13(15)16/h2-9H,10H2,1H3. The van der Waals surface area contributed by atoms with Gasteiger partial charge in [-0.25, -0.2) is 0 Å². The fraction of sp³-hybridized carbons (Fsp3) is 0.133. The molecule has 0 atom stereocenters. The second kappa shape index (κ2) is 6.56. The smallest absolute Gasteiger partial charge is 0.150 e. The Morgan fingerprint density at radius 1 is 1.16 bits per heavy atom. The Morgan fingerprint density at radius 2 is 1.95 bits per heavy atom. The molecule has 0 unspecified atom stereocenters. The van der Waals surface area contributed by atoms with Gasteiger partial charge in [0, 0.05) is 11.1 Å². The highest BCUT2D eigenvalue weighted by molar-refractivity contribution is 14.1. The van der Waals surface area contributed by atoms with Crippen molar-refractivity contribution in [2.45, 2.75) is 6.61 Å². The van der Waals surface area contributed by atoms with Gasteiger partial charge in [-0.1, -0.05) is 12.1 Å². The van der Waals surface area contributed by atoms with Gasteiger partial charge in [-0.3, -0.25) is 4.79 Å². The fourth-order valence-corrected chi connectivity index (χ4v) is 2.25. The molecule has 0 radical (unpaired) electrons. The lowest BCUT2D eigenvalue weighted by molar-refractivity contribution is 0.112. The molecule has 0 aliphatic carbocycles. The van der Waals surface area contributed by atoms with Crippen LogP contribution >= 0.6 is 22.6 Å². The van der Waals surface area contributed by atoms with E-state index >= 15 is 0 Å². The SMILES string of the molecule is COc1ccc(C=O)cc1COc1ccccc1I. The van der Waals surface area contributed by atoms with Crippen molar-refractivity contribution in [3.8, 4) is 11.5 Å². The molecule has 4 heteroatoms. The van der Waals surface area contributed by atoms with Crippen LogP contribution in [0.25, 0.3) is 0 Å². The third-order valence-electron chi connectivity index (χ3n) is 2.66. The van der Waals surface area contributed by atoms with Crippen LogP contribution in [0.4, 0.5) is 0 Å². The first kappa shape index (κ1) is 13.9. The Kier molecular flexibility index (Phi) is 4.79. The third kappa shape index (κ3) is 3.47. The Hall–Kier alpha value is -1.56. The minimum absolute atomic E-state index is 0.366. The van der Waals surface area contributed by atoms with Crippen molar-refractivity contribution in [1.82, 2.24) is 0 Å². The molecule has 2 aromatic carbocycles. The van der Waals surface area contributed by atoms with E-state index in [0.717, 1.165) is 26.9 Å². The van der Waals surface area contributed by atoms with Gasteiger partial charge in [0.05, 0.1) is 10.7 Å². The number of carbonyl (C=O) groups is 1. The van der Waals surface area contributed by atoms with Gasteiger partial charge in [-0.2, -0.15) is 0 Å². The predicted octanol–water partition coefficient (Wildman–Crippen LogP) is 3.69. The van der Waals surface area contributed by atoms with Crippen LogP contribution in [0.15, 0.2) is 42.5 Å². The molecule has 98 valence electrons. The quantitative estimate of drug-likeness (QED) is 0.597. The van der Waals surface area contributed by atoms with E-state index in [4.69, 9.17) is 9.47 Å². The number of para-hydroxylation sites is 1. The molecular weight excluding hydrogens is 355 g/mol. The Labute approximate surface area is 125 Å². The minimum Gasteiger partial charge on any atom is -0.496 e. The number of carbonyl (C=O) groups excluding carboxylic acids is 1. The lowest BCUT2D eigenvalue weighted by Gasteiger charge is -2.11. The van der Waals surface area contributed by atoms with Crippen molar-refractivity contribution in [3.05, 3.63) is 57.2 Å². The first-order valence-electron chi connectivity index (χ1n) is 5.74. The summed E-state index contributed by atoms with van der Waals surface area (Å²) in [5.41, 5.74) is 1.47. The molecule has 0 aliphatic rings. The topological polar surface area (TPSA) is 35.5 Å². The zero-order chi connectivity index (χ0) is 13.7. The van der Waals surface area contributed by atoms with Gasteiger partial charge in [0.1, 0.15) is 24.4 Å². The van der Waals surface area contributed by atoms with Crippen molar-refractivity contribution in [1.29, 1.82) is 0 Å². The molecule has 0 N–H and O–H groups in total. The predicted molar refractivity (Wildman–Crippen MR) is 81.9 cm³/mol. The summed E-state index contributed by atoms with van der Waals surface area (Å²) in [5, 5.41) is 0. The lowest BCUT2D eigenvalue weighted by Crippen LogP contribution is -2.00. The normalized spacial score (nSPS) is 10.0. The van der Waals surface area contributed by atoms with Crippen LogP contribution in [0.3, 0.4) is 0 Å². The van der Waals surface area contributed by atoms with Gasteiger partial charge in [0.15, 0.2) is 0 Å². The summed E-state index contributed by atoms with van der Waals surface area (Å²) in [6.07, 6.45) is 0.815. The highest BCUT2D eigenvalue weighted by atomic mass is 127. The summed E-state index contributed by atoms with van der Waals surface area (Å²) in [4.78, 5) is 10.8. The fourth-order valence-electron chi connectivity index (χ4n) is 1.70. The average molecular weight is 368 g/mol. The molecule has 0 heterocycles. The van der Waals surface area contributed by atoms with Crippen molar-refractivity contribution < 1.29 is 14.3 Å². The minimum atomic E-state index is 0.366. The van der Waals surface area contributed by atoms with Crippen molar-refractivity contribution >= 4 is 28.9 Å². The molecule has 0 saturated heterocycles. The van der Waals surface area contributed by atoms with E-state index in [9.17, 15) is 4.79 Å². The Balaban J connectivity index is 2.19. The number of aldehydes is 1. The average Bonchev–Trinajstić information content (AvgIpc) is 2.46. The summed E-state index contributed by atoms with van der Waals surface area (Å²) in [5.74, 6) is 1.54.